The summed E-state index contributed by atoms with van der Waals surface area (Å²) in [6, 6.07) is 9.03. The van der Waals surface area contributed by atoms with Crippen LogP contribution in [0.4, 0.5) is 0 Å². The highest BCUT2D eigenvalue weighted by molar-refractivity contribution is 14.0. The molecule has 178 valence electrons. The van der Waals surface area contributed by atoms with E-state index in [0.717, 1.165) is 45.0 Å². The Balaban J connectivity index is 0.00000480. The van der Waals surface area contributed by atoms with Crippen LogP contribution in [0.2, 0.25) is 0 Å². The summed E-state index contributed by atoms with van der Waals surface area (Å²) in [6.45, 7) is 13.0. The molecule has 0 amide bonds. The van der Waals surface area contributed by atoms with E-state index in [1.54, 1.807) is 0 Å². The number of likely N-dealkylation sites (tertiary alicyclic amines) is 1. The third-order valence-corrected chi connectivity index (χ3v) is 6.69. The lowest BCUT2D eigenvalue weighted by molar-refractivity contribution is 0.198. The highest BCUT2D eigenvalue weighted by Crippen LogP contribution is 2.21. The second kappa shape index (κ2) is 13.0. The van der Waals surface area contributed by atoms with Crippen molar-refractivity contribution in [2.24, 2.45) is 10.4 Å². The number of hydrogen-bond donors (Lipinski definition) is 2. The molecule has 0 bridgehead atoms. The van der Waals surface area contributed by atoms with Gasteiger partial charge in [-0.1, -0.05) is 38.1 Å². The first kappa shape index (κ1) is 28.2. The van der Waals surface area contributed by atoms with Gasteiger partial charge in [0.05, 0.1) is 5.75 Å². The first-order valence-corrected chi connectivity index (χ1v) is 13.1. The lowest BCUT2D eigenvalue weighted by Crippen LogP contribution is -2.48. The molecule has 0 radical (unpaired) electrons. The van der Waals surface area contributed by atoms with Crippen LogP contribution in [0, 0.1) is 12.3 Å². The van der Waals surface area contributed by atoms with Crippen molar-refractivity contribution >= 4 is 39.8 Å². The van der Waals surface area contributed by atoms with Crippen molar-refractivity contribution in [1.29, 1.82) is 0 Å². The summed E-state index contributed by atoms with van der Waals surface area (Å²) in [5.74, 6) is 1.04. The zero-order valence-corrected chi connectivity index (χ0v) is 22.9. The van der Waals surface area contributed by atoms with E-state index in [1.165, 1.54) is 17.4 Å². The van der Waals surface area contributed by atoms with Crippen LogP contribution < -0.4 is 10.6 Å². The maximum atomic E-state index is 11.5. The fourth-order valence-corrected chi connectivity index (χ4v) is 4.53. The number of aliphatic imine (C=N–C) groups is 1. The number of benzene rings is 1. The van der Waals surface area contributed by atoms with Gasteiger partial charge < -0.3 is 10.6 Å². The fraction of sp³-hybridized carbons (Fsp3) is 0.696. The van der Waals surface area contributed by atoms with E-state index in [4.69, 9.17) is 4.99 Å². The Hall–Kier alpha value is -0.870. The molecule has 1 saturated heterocycles. The summed E-state index contributed by atoms with van der Waals surface area (Å²) in [5.41, 5.74) is 2.62. The number of guanidine groups is 1. The average Bonchev–Trinajstić information content (AvgIpc) is 2.68. The third kappa shape index (κ3) is 11.0. The van der Waals surface area contributed by atoms with Crippen LogP contribution in [0.1, 0.15) is 51.2 Å². The van der Waals surface area contributed by atoms with Gasteiger partial charge in [0.2, 0.25) is 0 Å². The first-order chi connectivity index (χ1) is 14.1. The topological polar surface area (TPSA) is 73.8 Å². The number of rotatable bonds is 9. The minimum Gasteiger partial charge on any atom is -0.357 e. The normalized spacial score (nSPS) is 16.6. The van der Waals surface area contributed by atoms with Gasteiger partial charge in [-0.2, -0.15) is 0 Å². The van der Waals surface area contributed by atoms with E-state index >= 15 is 0 Å². The largest absolute Gasteiger partial charge is 0.357 e. The van der Waals surface area contributed by atoms with Crippen LogP contribution in [-0.2, 0) is 16.4 Å². The average molecular weight is 565 g/mol. The molecule has 1 heterocycles. The molecule has 6 nitrogen and oxygen atoms in total. The van der Waals surface area contributed by atoms with Gasteiger partial charge in [0.15, 0.2) is 5.96 Å². The predicted molar refractivity (Wildman–Crippen MR) is 142 cm³/mol. The van der Waals surface area contributed by atoms with Gasteiger partial charge in [-0.15, -0.1) is 24.0 Å². The summed E-state index contributed by atoms with van der Waals surface area (Å²) in [6.07, 6.45) is 4.09. The maximum Gasteiger partial charge on any atom is 0.191 e. The van der Waals surface area contributed by atoms with Crippen LogP contribution in [0.15, 0.2) is 29.3 Å². The summed E-state index contributed by atoms with van der Waals surface area (Å²) >= 11 is 0. The van der Waals surface area contributed by atoms with Crippen molar-refractivity contribution in [3.8, 4) is 0 Å². The van der Waals surface area contributed by atoms with Crippen molar-refractivity contribution in [3.63, 3.8) is 0 Å². The van der Waals surface area contributed by atoms with E-state index in [0.29, 0.717) is 19.0 Å². The quantitative estimate of drug-likeness (QED) is 0.273. The second-order valence-corrected chi connectivity index (χ2v) is 11.6. The molecule has 1 aliphatic rings. The monoisotopic (exact) mass is 564 g/mol. The number of nitrogens with zero attached hydrogens (tertiary/aromatic N) is 2. The summed E-state index contributed by atoms with van der Waals surface area (Å²) < 4.78 is 23.0. The lowest BCUT2D eigenvalue weighted by atomic mass is 9.90. The van der Waals surface area contributed by atoms with E-state index < -0.39 is 9.84 Å². The Bertz CT molecular complexity index is 804. The van der Waals surface area contributed by atoms with E-state index in [1.807, 2.05) is 0 Å². The van der Waals surface area contributed by atoms with Crippen molar-refractivity contribution in [2.45, 2.75) is 59.5 Å². The van der Waals surface area contributed by atoms with Gasteiger partial charge in [-0.05, 0) is 49.7 Å². The molecule has 0 atom stereocenters. The molecule has 31 heavy (non-hydrogen) atoms. The van der Waals surface area contributed by atoms with Gasteiger partial charge >= 0.3 is 0 Å². The molecule has 1 fully saturated rings. The zero-order chi connectivity index (χ0) is 22.2. The fourth-order valence-electron chi connectivity index (χ4n) is 3.61. The van der Waals surface area contributed by atoms with Crippen molar-refractivity contribution in [2.75, 3.05) is 38.2 Å². The first-order valence-electron chi connectivity index (χ1n) is 11.1. The number of nitrogens with one attached hydrogen (secondary N) is 2. The minimum atomic E-state index is -2.94. The van der Waals surface area contributed by atoms with Gasteiger partial charge in [0.25, 0.3) is 0 Å². The highest BCUT2D eigenvalue weighted by atomic mass is 127. The molecule has 0 spiro atoms. The number of aryl methyl sites for hydroxylation is 1. The molecule has 2 N–H and O–H groups in total. The number of sulfone groups is 1. The molecule has 1 aromatic rings. The lowest BCUT2D eigenvalue weighted by Gasteiger charge is -2.33. The smallest absolute Gasteiger partial charge is 0.191 e. The minimum absolute atomic E-state index is 0. The highest BCUT2D eigenvalue weighted by Gasteiger charge is 2.22. The van der Waals surface area contributed by atoms with Gasteiger partial charge in [0, 0.05) is 45.0 Å². The van der Waals surface area contributed by atoms with Crippen molar-refractivity contribution in [1.82, 2.24) is 15.5 Å². The molecule has 0 aliphatic carbocycles. The molecular weight excluding hydrogens is 523 g/mol. The van der Waals surface area contributed by atoms with E-state index in [-0.39, 0.29) is 35.1 Å². The van der Waals surface area contributed by atoms with Gasteiger partial charge in [-0.25, -0.2) is 8.42 Å². The van der Waals surface area contributed by atoms with Crippen LogP contribution >= 0.6 is 24.0 Å². The van der Waals surface area contributed by atoms with Crippen LogP contribution in [0.5, 0.6) is 0 Å². The second-order valence-electron chi connectivity index (χ2n) is 9.36. The van der Waals surface area contributed by atoms with E-state index in [9.17, 15) is 8.42 Å². The standard InChI is InChI=1S/C23H40N4O2S.HI/c1-6-24-22(25-18-23(3,4)13-16-30(5,28)29)26-21-11-14-27(15-12-21)17-20-10-8-7-9-19(20)2;/h7-10,21H,6,11-18H2,1-5H3,(H2,24,25,26);1H. The Morgan fingerprint density at radius 3 is 2.45 bits per heavy atom. The molecule has 2 rings (SSSR count). The maximum absolute atomic E-state index is 11.5. The summed E-state index contributed by atoms with van der Waals surface area (Å²) in [7, 11) is -2.94. The number of piperidine rings is 1. The van der Waals surface area contributed by atoms with Gasteiger partial charge in [-0.3, -0.25) is 9.89 Å². The van der Waals surface area contributed by atoms with Crippen molar-refractivity contribution < 1.29 is 8.42 Å². The molecule has 1 aromatic carbocycles. The Labute approximate surface area is 206 Å². The zero-order valence-electron chi connectivity index (χ0n) is 19.8. The van der Waals surface area contributed by atoms with Crippen LogP contribution in [0.3, 0.4) is 0 Å². The molecule has 0 saturated carbocycles. The van der Waals surface area contributed by atoms with Gasteiger partial charge in [0.1, 0.15) is 9.84 Å². The molecule has 0 unspecified atom stereocenters. The summed E-state index contributed by atoms with van der Waals surface area (Å²) in [4.78, 5) is 7.29. The Morgan fingerprint density at radius 2 is 1.87 bits per heavy atom. The molecule has 0 aromatic heterocycles. The Morgan fingerprint density at radius 1 is 1.23 bits per heavy atom. The van der Waals surface area contributed by atoms with E-state index in [2.05, 4.69) is 67.5 Å². The molecular formula is C23H41IN4O2S. The van der Waals surface area contributed by atoms with Crippen molar-refractivity contribution in [3.05, 3.63) is 35.4 Å². The number of halogens is 1. The molecule has 1 aliphatic heterocycles. The van der Waals surface area contributed by atoms with Crippen LogP contribution in [0.25, 0.3) is 0 Å². The Kier molecular flexibility index (Phi) is 11.8. The predicted octanol–water partition coefficient (Wildman–Crippen LogP) is 3.59. The molecule has 8 heteroatoms. The number of hydrogen-bond acceptors (Lipinski definition) is 4. The third-order valence-electron chi connectivity index (χ3n) is 5.74. The summed E-state index contributed by atoms with van der Waals surface area (Å²) in [5, 5.41) is 6.93. The van der Waals surface area contributed by atoms with Crippen LogP contribution in [-0.4, -0.2) is 63.5 Å². The SMILES string of the molecule is CCNC(=NCC(C)(C)CCS(C)(=O)=O)NC1CCN(Cc2ccccc2C)CC1.I.